The van der Waals surface area contributed by atoms with E-state index in [2.05, 4.69) is 15.5 Å². The number of nitrogens with one attached hydrogen (secondary N) is 1. The monoisotopic (exact) mass is 518 g/mol. The van der Waals surface area contributed by atoms with E-state index in [0.717, 1.165) is 22.9 Å². The molecule has 186 valence electrons. The van der Waals surface area contributed by atoms with Crippen molar-refractivity contribution in [1.29, 1.82) is 0 Å². The van der Waals surface area contributed by atoms with Gasteiger partial charge in [0.1, 0.15) is 4.90 Å². The van der Waals surface area contributed by atoms with Crippen LogP contribution in [0, 0.1) is 19.8 Å². The van der Waals surface area contributed by atoms with Crippen molar-refractivity contribution < 1.29 is 26.0 Å². The fourth-order valence-electron chi connectivity index (χ4n) is 3.94. The summed E-state index contributed by atoms with van der Waals surface area (Å²) in [5.74, 6) is -0.508. The van der Waals surface area contributed by atoms with Crippen molar-refractivity contribution in [2.75, 3.05) is 24.7 Å². The lowest BCUT2D eigenvalue weighted by molar-refractivity contribution is -0.121. The number of hydrogen-bond acceptors (Lipinski definition) is 8. The molecule has 0 spiro atoms. The van der Waals surface area contributed by atoms with Crippen LogP contribution in [0.25, 0.3) is 11.5 Å². The van der Waals surface area contributed by atoms with Crippen LogP contribution in [0.3, 0.4) is 0 Å². The minimum atomic E-state index is -4.04. The van der Waals surface area contributed by atoms with E-state index in [9.17, 15) is 21.6 Å². The number of sulfonamides is 1. The van der Waals surface area contributed by atoms with Gasteiger partial charge in [0.05, 0.1) is 4.90 Å². The molecule has 1 aliphatic heterocycles. The summed E-state index contributed by atoms with van der Waals surface area (Å²) < 4.78 is 57.2. The molecule has 1 aliphatic rings. The molecule has 3 aromatic rings. The van der Waals surface area contributed by atoms with Gasteiger partial charge in [-0.3, -0.25) is 10.1 Å². The number of aryl methyl sites for hydroxylation is 2. The minimum Gasteiger partial charge on any atom is -0.403 e. The van der Waals surface area contributed by atoms with Crippen molar-refractivity contribution >= 4 is 31.8 Å². The average Bonchev–Trinajstić information content (AvgIpc) is 3.29. The van der Waals surface area contributed by atoms with Crippen LogP contribution in [0.15, 0.2) is 56.7 Å². The molecule has 2 heterocycles. The summed E-state index contributed by atoms with van der Waals surface area (Å²) in [5.41, 5.74) is 2.95. The predicted octanol–water partition coefficient (Wildman–Crippen LogP) is 2.80. The fourth-order valence-corrected chi connectivity index (χ4v) is 7.01. The number of aromatic nitrogens is 2. The van der Waals surface area contributed by atoms with Crippen molar-refractivity contribution in [3.8, 4) is 11.5 Å². The number of amides is 1. The summed E-state index contributed by atoms with van der Waals surface area (Å²) in [6.07, 6.45) is 1.51. The first kappa shape index (κ1) is 25.0. The van der Waals surface area contributed by atoms with Crippen LogP contribution in [-0.2, 0) is 24.7 Å². The van der Waals surface area contributed by atoms with Gasteiger partial charge < -0.3 is 4.42 Å². The molecule has 1 fully saturated rings. The van der Waals surface area contributed by atoms with Crippen LogP contribution in [0.5, 0.6) is 0 Å². The Balaban J connectivity index is 1.41. The van der Waals surface area contributed by atoms with Crippen LogP contribution in [-0.4, -0.2) is 56.6 Å². The highest BCUT2D eigenvalue weighted by Crippen LogP contribution is 2.29. The lowest BCUT2D eigenvalue weighted by Crippen LogP contribution is -2.41. The highest BCUT2D eigenvalue weighted by atomic mass is 32.2. The second kappa shape index (κ2) is 9.51. The predicted molar refractivity (Wildman–Crippen MR) is 129 cm³/mol. The Morgan fingerprint density at radius 2 is 1.63 bits per heavy atom. The molecular formula is C23H26N4O6S2. The molecule has 0 unspecified atom stereocenters. The van der Waals surface area contributed by atoms with Gasteiger partial charge in [-0.2, -0.15) is 4.31 Å². The largest absolute Gasteiger partial charge is 0.403 e. The highest BCUT2D eigenvalue weighted by Gasteiger charge is 2.35. The molecule has 0 bridgehead atoms. The Bertz CT molecular complexity index is 1470. The summed E-state index contributed by atoms with van der Waals surface area (Å²) in [5, 5.41) is 10.5. The third-order valence-corrected chi connectivity index (χ3v) is 9.34. The summed E-state index contributed by atoms with van der Waals surface area (Å²) >= 11 is 0. The maximum Gasteiger partial charge on any atom is 0.322 e. The van der Waals surface area contributed by atoms with Crippen molar-refractivity contribution in [2.24, 2.45) is 5.92 Å². The number of benzene rings is 2. The molecule has 10 nitrogen and oxygen atoms in total. The minimum absolute atomic E-state index is 0.0274. The SMILES string of the molecule is Cc1ccc(-c2nnc(NC(=O)C3CCN(S(=O)(=O)c4ccccc4S(C)(=O)=O)CC3)o2)cc1C. The first-order valence-corrected chi connectivity index (χ1v) is 14.3. The lowest BCUT2D eigenvalue weighted by Gasteiger charge is -2.30. The van der Waals surface area contributed by atoms with Crippen LogP contribution in [0.4, 0.5) is 6.01 Å². The first-order chi connectivity index (χ1) is 16.5. The number of carbonyl (C=O) groups is 1. The molecule has 0 aliphatic carbocycles. The number of sulfone groups is 1. The quantitative estimate of drug-likeness (QED) is 0.525. The van der Waals surface area contributed by atoms with E-state index in [1.165, 1.54) is 28.6 Å². The first-order valence-electron chi connectivity index (χ1n) is 11.0. The Labute approximate surface area is 204 Å². The molecule has 1 aromatic heterocycles. The van der Waals surface area contributed by atoms with E-state index in [-0.39, 0.29) is 53.5 Å². The van der Waals surface area contributed by atoms with Crippen molar-refractivity contribution in [1.82, 2.24) is 14.5 Å². The zero-order valence-corrected chi connectivity index (χ0v) is 21.2. The zero-order chi connectivity index (χ0) is 25.4. The third-order valence-electron chi connectivity index (χ3n) is 6.10. The van der Waals surface area contributed by atoms with E-state index < -0.39 is 25.8 Å². The standard InChI is InChI=1S/C23H26N4O6S2/c1-15-8-9-18(14-16(15)2)22-25-26-23(33-22)24-21(28)17-10-12-27(13-11-17)35(31,32)20-7-5-4-6-19(20)34(3,29)30/h4-9,14,17H,10-13H2,1-3H3,(H,24,26,28). The maximum atomic E-state index is 13.1. The van der Waals surface area contributed by atoms with Gasteiger partial charge in [0.15, 0.2) is 9.84 Å². The highest BCUT2D eigenvalue weighted by molar-refractivity contribution is 7.93. The van der Waals surface area contributed by atoms with E-state index in [1.54, 1.807) is 0 Å². The van der Waals surface area contributed by atoms with Gasteiger partial charge in [0.25, 0.3) is 0 Å². The smallest absolute Gasteiger partial charge is 0.322 e. The van der Waals surface area contributed by atoms with Gasteiger partial charge in [-0.25, -0.2) is 16.8 Å². The van der Waals surface area contributed by atoms with Gasteiger partial charge >= 0.3 is 6.01 Å². The van der Waals surface area contributed by atoms with Gasteiger partial charge in [-0.1, -0.05) is 23.3 Å². The van der Waals surface area contributed by atoms with Crippen molar-refractivity contribution in [2.45, 2.75) is 36.5 Å². The molecule has 35 heavy (non-hydrogen) atoms. The number of nitrogens with zero attached hydrogens (tertiary/aromatic N) is 3. The van der Waals surface area contributed by atoms with Gasteiger partial charge in [-0.15, -0.1) is 5.10 Å². The van der Waals surface area contributed by atoms with Crippen LogP contribution in [0.1, 0.15) is 24.0 Å². The van der Waals surface area contributed by atoms with Crippen molar-refractivity contribution in [3.05, 3.63) is 53.6 Å². The Kier molecular flexibility index (Phi) is 6.80. The Hall–Kier alpha value is -3.09. The zero-order valence-electron chi connectivity index (χ0n) is 19.6. The molecule has 1 amide bonds. The number of hydrogen-bond donors (Lipinski definition) is 1. The number of rotatable bonds is 6. The third kappa shape index (κ3) is 5.29. The summed E-state index contributed by atoms with van der Waals surface area (Å²) in [4.78, 5) is 12.2. The molecule has 0 radical (unpaired) electrons. The summed E-state index contributed by atoms with van der Waals surface area (Å²) in [6.45, 7) is 4.14. The van der Waals surface area contributed by atoms with E-state index in [4.69, 9.17) is 4.42 Å². The molecule has 12 heteroatoms. The number of piperidine rings is 1. The fraction of sp³-hybridized carbons (Fsp3) is 0.348. The van der Waals surface area contributed by atoms with Gasteiger partial charge in [-0.05, 0) is 62.1 Å². The maximum absolute atomic E-state index is 13.1. The topological polar surface area (TPSA) is 140 Å². The van der Waals surface area contributed by atoms with Crippen LogP contribution >= 0.6 is 0 Å². The normalized spacial score (nSPS) is 15.7. The Morgan fingerprint density at radius 1 is 0.971 bits per heavy atom. The molecule has 1 N–H and O–H groups in total. The average molecular weight is 519 g/mol. The molecular weight excluding hydrogens is 492 g/mol. The van der Waals surface area contributed by atoms with E-state index in [0.29, 0.717) is 0 Å². The van der Waals surface area contributed by atoms with E-state index >= 15 is 0 Å². The van der Waals surface area contributed by atoms with Crippen LogP contribution < -0.4 is 5.32 Å². The molecule has 1 saturated heterocycles. The lowest BCUT2D eigenvalue weighted by atomic mass is 9.97. The summed E-state index contributed by atoms with van der Waals surface area (Å²) in [6, 6.07) is 11.2. The molecule has 4 rings (SSSR count). The number of carbonyl (C=O) groups excluding carboxylic acids is 1. The van der Waals surface area contributed by atoms with Gasteiger partial charge in [0, 0.05) is 30.8 Å². The van der Waals surface area contributed by atoms with E-state index in [1.807, 2.05) is 32.0 Å². The number of anilines is 1. The summed E-state index contributed by atoms with van der Waals surface area (Å²) in [7, 11) is -7.77. The molecule has 0 atom stereocenters. The van der Waals surface area contributed by atoms with Crippen LogP contribution in [0.2, 0.25) is 0 Å². The second-order valence-corrected chi connectivity index (χ2v) is 12.5. The Morgan fingerprint density at radius 3 is 2.26 bits per heavy atom. The second-order valence-electron chi connectivity index (χ2n) is 8.60. The van der Waals surface area contributed by atoms with Crippen molar-refractivity contribution in [3.63, 3.8) is 0 Å². The molecule has 2 aromatic carbocycles. The molecule has 0 saturated carbocycles. The van der Waals surface area contributed by atoms with Gasteiger partial charge in [0.2, 0.25) is 21.8 Å².